The first-order valence-corrected chi connectivity index (χ1v) is 8.94. The molecule has 0 aliphatic rings. The second-order valence-electron chi connectivity index (χ2n) is 5.78. The molecule has 26 heavy (non-hydrogen) atoms. The summed E-state index contributed by atoms with van der Waals surface area (Å²) in [5.41, 5.74) is 0.944. The van der Waals surface area contributed by atoms with Crippen LogP contribution < -0.4 is 24.8 Å². The van der Waals surface area contributed by atoms with Gasteiger partial charge in [-0.2, -0.15) is 0 Å². The number of methoxy groups -OCH3 is 3. The minimum Gasteiger partial charge on any atom is -0.496 e. The number of guanidine groups is 1. The lowest BCUT2D eigenvalue weighted by Crippen LogP contribution is -2.39. The number of hydrogen-bond donors (Lipinski definition) is 2. The third-order valence-electron chi connectivity index (χ3n) is 4.25. The molecule has 7 heteroatoms. The molecule has 0 amide bonds. The molecule has 1 rings (SSSR count). The van der Waals surface area contributed by atoms with E-state index < -0.39 is 0 Å². The van der Waals surface area contributed by atoms with Crippen LogP contribution in [0.2, 0.25) is 0 Å². The van der Waals surface area contributed by atoms with Crippen molar-refractivity contribution in [3.05, 3.63) is 17.7 Å². The molecule has 0 radical (unpaired) electrons. The van der Waals surface area contributed by atoms with E-state index in [0.717, 1.165) is 43.2 Å². The van der Waals surface area contributed by atoms with Crippen LogP contribution in [-0.4, -0.2) is 40.4 Å². The Morgan fingerprint density at radius 3 is 2.00 bits per heavy atom. The Morgan fingerprint density at radius 2 is 1.50 bits per heavy atom. The van der Waals surface area contributed by atoms with E-state index in [1.165, 1.54) is 0 Å². The monoisotopic (exact) mass is 479 g/mol. The summed E-state index contributed by atoms with van der Waals surface area (Å²) in [5, 5.41) is 6.71. The lowest BCUT2D eigenvalue weighted by Gasteiger charge is -2.17. The molecular formula is C19H34IN3O3. The molecule has 0 bridgehead atoms. The molecule has 1 aromatic rings. The first-order valence-electron chi connectivity index (χ1n) is 8.94. The normalized spacial score (nSPS) is 11.0. The average molecular weight is 479 g/mol. The zero-order valence-corrected chi connectivity index (χ0v) is 19.2. The zero-order chi connectivity index (χ0) is 18.7. The first kappa shape index (κ1) is 24.6. The van der Waals surface area contributed by atoms with Crippen LogP contribution in [0.15, 0.2) is 17.1 Å². The van der Waals surface area contributed by atoms with Gasteiger partial charge < -0.3 is 24.8 Å². The summed E-state index contributed by atoms with van der Waals surface area (Å²) in [6.45, 7) is 8.72. The van der Waals surface area contributed by atoms with Crippen molar-refractivity contribution in [1.29, 1.82) is 0 Å². The second kappa shape index (κ2) is 13.8. The zero-order valence-electron chi connectivity index (χ0n) is 16.8. The van der Waals surface area contributed by atoms with Crippen LogP contribution in [0.1, 0.15) is 39.2 Å². The van der Waals surface area contributed by atoms with Crippen LogP contribution in [0.4, 0.5) is 0 Å². The van der Waals surface area contributed by atoms with E-state index in [1.807, 2.05) is 12.1 Å². The minimum absolute atomic E-state index is 0. The largest absolute Gasteiger partial charge is 0.496 e. The molecule has 0 aromatic heterocycles. The van der Waals surface area contributed by atoms with Gasteiger partial charge in [0.1, 0.15) is 5.75 Å². The molecule has 2 N–H and O–H groups in total. The van der Waals surface area contributed by atoms with Gasteiger partial charge >= 0.3 is 0 Å². The summed E-state index contributed by atoms with van der Waals surface area (Å²) < 4.78 is 16.2. The van der Waals surface area contributed by atoms with Crippen molar-refractivity contribution in [2.45, 2.75) is 40.2 Å². The van der Waals surface area contributed by atoms with Gasteiger partial charge in [-0.05, 0) is 18.9 Å². The highest BCUT2D eigenvalue weighted by atomic mass is 127. The van der Waals surface area contributed by atoms with Crippen molar-refractivity contribution in [3.63, 3.8) is 0 Å². The second-order valence-corrected chi connectivity index (χ2v) is 5.78. The molecular weight excluding hydrogens is 445 g/mol. The Kier molecular flexibility index (Phi) is 13.0. The first-order chi connectivity index (χ1) is 12.1. The van der Waals surface area contributed by atoms with Gasteiger partial charge in [0.2, 0.25) is 0 Å². The van der Waals surface area contributed by atoms with E-state index in [1.54, 1.807) is 21.3 Å². The van der Waals surface area contributed by atoms with Gasteiger partial charge in [0.25, 0.3) is 0 Å². The molecule has 0 spiro atoms. The molecule has 0 atom stereocenters. The summed E-state index contributed by atoms with van der Waals surface area (Å²) in [4.78, 5) is 4.68. The van der Waals surface area contributed by atoms with Crippen LogP contribution in [0, 0.1) is 5.92 Å². The maximum Gasteiger partial charge on any atom is 0.191 e. The van der Waals surface area contributed by atoms with E-state index in [9.17, 15) is 0 Å². The number of ether oxygens (including phenoxy) is 3. The number of hydrogen-bond acceptors (Lipinski definition) is 4. The molecule has 150 valence electrons. The van der Waals surface area contributed by atoms with E-state index in [4.69, 9.17) is 14.2 Å². The maximum absolute atomic E-state index is 5.47. The number of benzene rings is 1. The molecule has 0 saturated carbocycles. The highest BCUT2D eigenvalue weighted by molar-refractivity contribution is 14.0. The molecule has 0 aliphatic carbocycles. The highest BCUT2D eigenvalue weighted by Crippen LogP contribution is 2.34. The van der Waals surface area contributed by atoms with Crippen molar-refractivity contribution < 1.29 is 14.2 Å². The Morgan fingerprint density at radius 1 is 0.923 bits per heavy atom. The van der Waals surface area contributed by atoms with Crippen molar-refractivity contribution in [2.75, 3.05) is 34.4 Å². The van der Waals surface area contributed by atoms with E-state index >= 15 is 0 Å². The third kappa shape index (κ3) is 7.47. The third-order valence-corrected chi connectivity index (χ3v) is 4.25. The van der Waals surface area contributed by atoms with Crippen LogP contribution in [0.3, 0.4) is 0 Å². The molecule has 0 heterocycles. The van der Waals surface area contributed by atoms with Crippen molar-refractivity contribution in [3.8, 4) is 17.2 Å². The van der Waals surface area contributed by atoms with Crippen LogP contribution in [0.5, 0.6) is 17.2 Å². The average Bonchev–Trinajstić information content (AvgIpc) is 2.65. The van der Waals surface area contributed by atoms with E-state index in [2.05, 4.69) is 36.4 Å². The van der Waals surface area contributed by atoms with Crippen molar-refractivity contribution in [2.24, 2.45) is 10.9 Å². The lowest BCUT2D eigenvalue weighted by atomic mass is 10.0. The fourth-order valence-electron chi connectivity index (χ4n) is 2.54. The summed E-state index contributed by atoms with van der Waals surface area (Å²) in [5.74, 6) is 3.51. The number of halogens is 1. The molecule has 6 nitrogen and oxygen atoms in total. The fraction of sp³-hybridized carbons (Fsp3) is 0.632. The lowest BCUT2D eigenvalue weighted by molar-refractivity contribution is 0.347. The molecule has 1 aromatic carbocycles. The van der Waals surface area contributed by atoms with Gasteiger partial charge in [-0.3, -0.25) is 0 Å². The number of nitrogens with one attached hydrogen (secondary N) is 2. The van der Waals surface area contributed by atoms with Gasteiger partial charge in [0.15, 0.2) is 17.5 Å². The van der Waals surface area contributed by atoms with E-state index in [0.29, 0.717) is 24.0 Å². The molecule has 0 saturated heterocycles. The minimum atomic E-state index is 0. The standard InChI is InChI=1S/C19H33N3O3.HI/c1-7-14(8-2)12-21-19(20-9-3)22-13-15-10-17(24-5)18(25-6)11-16(15)23-4;/h10-11,14H,7-9,12-13H2,1-6H3,(H2,20,21,22);1H. The Balaban J connectivity index is 0.00000625. The highest BCUT2D eigenvalue weighted by Gasteiger charge is 2.12. The predicted molar refractivity (Wildman–Crippen MR) is 118 cm³/mol. The Labute approximate surface area is 175 Å². The topological polar surface area (TPSA) is 64.1 Å². The fourth-order valence-corrected chi connectivity index (χ4v) is 2.54. The molecule has 0 fully saturated rings. The van der Waals surface area contributed by atoms with Gasteiger partial charge in [-0.1, -0.05) is 26.7 Å². The quantitative estimate of drug-likeness (QED) is 0.304. The summed E-state index contributed by atoms with van der Waals surface area (Å²) in [7, 11) is 4.88. The summed E-state index contributed by atoms with van der Waals surface area (Å²) >= 11 is 0. The summed E-state index contributed by atoms with van der Waals surface area (Å²) in [6.07, 6.45) is 2.32. The molecule has 0 unspecified atom stereocenters. The van der Waals surface area contributed by atoms with E-state index in [-0.39, 0.29) is 24.0 Å². The maximum atomic E-state index is 5.47. The van der Waals surface area contributed by atoms with Gasteiger partial charge in [0.05, 0.1) is 27.9 Å². The van der Waals surface area contributed by atoms with Crippen LogP contribution in [0.25, 0.3) is 0 Å². The number of rotatable bonds is 10. The van der Waals surface area contributed by atoms with Crippen molar-refractivity contribution >= 4 is 29.9 Å². The van der Waals surface area contributed by atoms with Gasteiger partial charge in [0, 0.05) is 24.7 Å². The van der Waals surface area contributed by atoms with Crippen LogP contribution in [-0.2, 0) is 6.54 Å². The predicted octanol–water partition coefficient (Wildman–Crippen LogP) is 3.82. The van der Waals surface area contributed by atoms with Gasteiger partial charge in [-0.25, -0.2) is 4.99 Å². The smallest absolute Gasteiger partial charge is 0.191 e. The van der Waals surface area contributed by atoms with Gasteiger partial charge in [-0.15, -0.1) is 24.0 Å². The SMILES string of the molecule is CCNC(=NCc1cc(OC)c(OC)cc1OC)NCC(CC)CC.I. The Hall–Kier alpha value is -1.38. The summed E-state index contributed by atoms with van der Waals surface area (Å²) in [6, 6.07) is 3.74. The van der Waals surface area contributed by atoms with Crippen LogP contribution >= 0.6 is 24.0 Å². The number of aliphatic imine (C=N–C) groups is 1. The van der Waals surface area contributed by atoms with Crippen molar-refractivity contribution in [1.82, 2.24) is 10.6 Å². The number of nitrogens with zero attached hydrogens (tertiary/aromatic N) is 1. The molecule has 0 aliphatic heterocycles. The Bertz CT molecular complexity index is 549.